The van der Waals surface area contributed by atoms with Gasteiger partial charge >= 0.3 is 0 Å². The van der Waals surface area contributed by atoms with Gasteiger partial charge in [0.1, 0.15) is 5.76 Å². The lowest BCUT2D eigenvalue weighted by Crippen LogP contribution is -2.12. The van der Waals surface area contributed by atoms with Crippen LogP contribution in [0, 0.1) is 0 Å². The predicted octanol–water partition coefficient (Wildman–Crippen LogP) is 2.43. The molecule has 1 aromatic heterocycles. The first-order valence-electron chi connectivity index (χ1n) is 5.42. The summed E-state index contributed by atoms with van der Waals surface area (Å²) >= 11 is 0. The first-order chi connectivity index (χ1) is 8.24. The zero-order valence-corrected chi connectivity index (χ0v) is 9.35. The van der Waals surface area contributed by atoms with Crippen LogP contribution in [0.15, 0.2) is 47.1 Å². The molecule has 4 heteroatoms. The highest BCUT2D eigenvalue weighted by atomic mass is 16.3. The van der Waals surface area contributed by atoms with E-state index in [4.69, 9.17) is 10.2 Å². The quantitative estimate of drug-likeness (QED) is 0.792. The summed E-state index contributed by atoms with van der Waals surface area (Å²) < 4.78 is 5.15. The number of benzene rings is 1. The summed E-state index contributed by atoms with van der Waals surface area (Å²) in [5.74, 6) is 0.781. The van der Waals surface area contributed by atoms with Crippen LogP contribution >= 0.6 is 0 Å². The fourth-order valence-corrected chi connectivity index (χ4v) is 1.48. The van der Waals surface area contributed by atoms with Crippen LogP contribution in [-0.4, -0.2) is 5.91 Å². The van der Waals surface area contributed by atoms with E-state index in [9.17, 15) is 4.79 Å². The molecule has 0 aliphatic carbocycles. The molecule has 0 fully saturated rings. The van der Waals surface area contributed by atoms with Crippen molar-refractivity contribution in [1.29, 1.82) is 0 Å². The number of nitrogens with one attached hydrogen (secondary N) is 1. The summed E-state index contributed by atoms with van der Waals surface area (Å²) in [7, 11) is 0. The molecule has 0 saturated carbocycles. The Hall–Kier alpha value is -2.23. The third-order valence-corrected chi connectivity index (χ3v) is 2.37. The molecule has 2 aromatic rings. The molecule has 0 bridgehead atoms. The standard InChI is InChI=1S/C13H14N2O2/c14-10-3-5-11(6-4-10)15-13(16)8-7-12-2-1-9-17-12/h1-6,9H,7-8,14H2,(H,15,16). The minimum atomic E-state index is -0.0360. The zero-order chi connectivity index (χ0) is 12.1. The molecule has 88 valence electrons. The van der Waals surface area contributed by atoms with Gasteiger partial charge in [0.2, 0.25) is 5.91 Å². The molecule has 1 amide bonds. The number of anilines is 2. The van der Waals surface area contributed by atoms with Gasteiger partial charge in [-0.1, -0.05) is 0 Å². The maximum Gasteiger partial charge on any atom is 0.224 e. The largest absolute Gasteiger partial charge is 0.469 e. The van der Waals surface area contributed by atoms with Gasteiger partial charge in [-0.05, 0) is 36.4 Å². The summed E-state index contributed by atoms with van der Waals surface area (Å²) in [5, 5.41) is 2.80. The lowest BCUT2D eigenvalue weighted by molar-refractivity contribution is -0.116. The molecule has 0 atom stereocenters. The highest BCUT2D eigenvalue weighted by molar-refractivity contribution is 5.90. The maximum atomic E-state index is 11.6. The smallest absolute Gasteiger partial charge is 0.224 e. The van der Waals surface area contributed by atoms with Crippen molar-refractivity contribution in [3.05, 3.63) is 48.4 Å². The van der Waals surface area contributed by atoms with Gasteiger partial charge in [0, 0.05) is 24.2 Å². The second kappa shape index (κ2) is 5.21. The number of nitrogens with two attached hydrogens (primary N) is 1. The first kappa shape index (κ1) is 11.3. The molecule has 0 unspecified atom stereocenters. The number of furan rings is 1. The van der Waals surface area contributed by atoms with E-state index in [1.807, 2.05) is 12.1 Å². The van der Waals surface area contributed by atoms with Gasteiger partial charge in [-0.15, -0.1) is 0 Å². The number of nitrogen functional groups attached to an aromatic ring is 1. The van der Waals surface area contributed by atoms with Crippen molar-refractivity contribution in [3.63, 3.8) is 0 Å². The number of hydrogen-bond acceptors (Lipinski definition) is 3. The van der Waals surface area contributed by atoms with Crippen LogP contribution in [-0.2, 0) is 11.2 Å². The third-order valence-electron chi connectivity index (χ3n) is 2.37. The molecule has 0 radical (unpaired) electrons. The molecule has 0 saturated heterocycles. The monoisotopic (exact) mass is 230 g/mol. The lowest BCUT2D eigenvalue weighted by atomic mass is 10.2. The van der Waals surface area contributed by atoms with Crippen LogP contribution in [0.5, 0.6) is 0 Å². The fourth-order valence-electron chi connectivity index (χ4n) is 1.48. The van der Waals surface area contributed by atoms with Crippen LogP contribution in [0.3, 0.4) is 0 Å². The van der Waals surface area contributed by atoms with Crippen molar-refractivity contribution in [2.75, 3.05) is 11.1 Å². The summed E-state index contributed by atoms with van der Waals surface area (Å²) in [4.78, 5) is 11.6. The van der Waals surface area contributed by atoms with E-state index in [-0.39, 0.29) is 5.91 Å². The Labute approximate surface area is 99.4 Å². The van der Waals surface area contributed by atoms with E-state index in [0.29, 0.717) is 18.5 Å². The number of hydrogen-bond donors (Lipinski definition) is 2. The van der Waals surface area contributed by atoms with Gasteiger partial charge in [-0.3, -0.25) is 4.79 Å². The van der Waals surface area contributed by atoms with Crippen LogP contribution in [0.4, 0.5) is 11.4 Å². The SMILES string of the molecule is Nc1ccc(NC(=O)CCc2ccco2)cc1. The van der Waals surface area contributed by atoms with Crippen molar-refractivity contribution in [2.45, 2.75) is 12.8 Å². The zero-order valence-electron chi connectivity index (χ0n) is 9.35. The predicted molar refractivity (Wildman–Crippen MR) is 66.5 cm³/mol. The molecule has 4 nitrogen and oxygen atoms in total. The number of amides is 1. The van der Waals surface area contributed by atoms with Crippen LogP contribution in [0.2, 0.25) is 0 Å². The molecule has 0 aliphatic heterocycles. The van der Waals surface area contributed by atoms with Crippen LogP contribution < -0.4 is 11.1 Å². The van der Waals surface area contributed by atoms with Crippen molar-refractivity contribution in [3.8, 4) is 0 Å². The minimum Gasteiger partial charge on any atom is -0.469 e. The Morgan fingerprint density at radius 1 is 1.24 bits per heavy atom. The van der Waals surface area contributed by atoms with Gasteiger partial charge in [0.15, 0.2) is 0 Å². The maximum absolute atomic E-state index is 11.6. The fraction of sp³-hybridized carbons (Fsp3) is 0.154. The molecule has 17 heavy (non-hydrogen) atoms. The Morgan fingerprint density at radius 3 is 2.65 bits per heavy atom. The molecule has 0 spiro atoms. The number of carbonyl (C=O) groups excluding carboxylic acids is 1. The number of aryl methyl sites for hydroxylation is 1. The van der Waals surface area contributed by atoms with Gasteiger partial charge in [0.25, 0.3) is 0 Å². The normalized spacial score (nSPS) is 10.1. The van der Waals surface area contributed by atoms with Crippen LogP contribution in [0.25, 0.3) is 0 Å². The average molecular weight is 230 g/mol. The molecule has 1 heterocycles. The second-order valence-electron chi connectivity index (χ2n) is 3.75. The summed E-state index contributed by atoms with van der Waals surface area (Å²) in [6.07, 6.45) is 2.61. The van der Waals surface area contributed by atoms with E-state index in [1.165, 1.54) is 0 Å². The van der Waals surface area contributed by atoms with E-state index in [1.54, 1.807) is 30.5 Å². The highest BCUT2D eigenvalue weighted by Crippen LogP contribution is 2.11. The molecule has 3 N–H and O–H groups in total. The lowest BCUT2D eigenvalue weighted by Gasteiger charge is -2.04. The summed E-state index contributed by atoms with van der Waals surface area (Å²) in [6, 6.07) is 10.7. The van der Waals surface area contributed by atoms with E-state index < -0.39 is 0 Å². The Morgan fingerprint density at radius 2 is 2.00 bits per heavy atom. The summed E-state index contributed by atoms with van der Waals surface area (Å²) in [6.45, 7) is 0. The van der Waals surface area contributed by atoms with Crippen molar-refractivity contribution >= 4 is 17.3 Å². The van der Waals surface area contributed by atoms with E-state index in [2.05, 4.69) is 5.32 Å². The van der Waals surface area contributed by atoms with Gasteiger partial charge < -0.3 is 15.5 Å². The highest BCUT2D eigenvalue weighted by Gasteiger charge is 2.04. The number of rotatable bonds is 4. The van der Waals surface area contributed by atoms with Crippen molar-refractivity contribution in [1.82, 2.24) is 0 Å². The van der Waals surface area contributed by atoms with Gasteiger partial charge in [-0.2, -0.15) is 0 Å². The number of carbonyl (C=O) groups is 1. The van der Waals surface area contributed by atoms with Gasteiger partial charge in [-0.25, -0.2) is 0 Å². The Kier molecular flexibility index (Phi) is 3.45. The molecule has 0 aliphatic rings. The minimum absolute atomic E-state index is 0.0360. The third kappa shape index (κ3) is 3.38. The van der Waals surface area contributed by atoms with Crippen molar-refractivity contribution in [2.24, 2.45) is 0 Å². The first-order valence-corrected chi connectivity index (χ1v) is 5.42. The topological polar surface area (TPSA) is 68.3 Å². The second-order valence-corrected chi connectivity index (χ2v) is 3.75. The summed E-state index contributed by atoms with van der Waals surface area (Å²) in [5.41, 5.74) is 6.99. The van der Waals surface area contributed by atoms with E-state index in [0.717, 1.165) is 11.4 Å². The van der Waals surface area contributed by atoms with Crippen molar-refractivity contribution < 1.29 is 9.21 Å². The Balaban J connectivity index is 1.83. The molecular weight excluding hydrogens is 216 g/mol. The molecule has 1 aromatic carbocycles. The van der Waals surface area contributed by atoms with E-state index >= 15 is 0 Å². The molecular formula is C13H14N2O2. The van der Waals surface area contributed by atoms with Gasteiger partial charge in [0.05, 0.1) is 6.26 Å². The van der Waals surface area contributed by atoms with Crippen LogP contribution in [0.1, 0.15) is 12.2 Å². The average Bonchev–Trinajstić information content (AvgIpc) is 2.83. The molecule has 2 rings (SSSR count). The Bertz CT molecular complexity index is 475.